The summed E-state index contributed by atoms with van der Waals surface area (Å²) in [6, 6.07) is 5.89. The van der Waals surface area contributed by atoms with E-state index in [9.17, 15) is 14.7 Å². The van der Waals surface area contributed by atoms with Crippen LogP contribution >= 0.6 is 0 Å². The lowest BCUT2D eigenvalue weighted by atomic mass is 10.1. The van der Waals surface area contributed by atoms with E-state index in [4.69, 9.17) is 9.84 Å². The maximum atomic E-state index is 11.2. The van der Waals surface area contributed by atoms with Crippen LogP contribution in [0.4, 0.5) is 0 Å². The van der Waals surface area contributed by atoms with E-state index in [0.717, 1.165) is 32.1 Å². The molecule has 0 spiro atoms. The van der Waals surface area contributed by atoms with Crippen LogP contribution in [0.5, 0.6) is 5.75 Å². The maximum Gasteiger partial charge on any atom is 0.344 e. The first kappa shape index (κ1) is 17.0. The van der Waals surface area contributed by atoms with Crippen LogP contribution < -0.4 is 4.74 Å². The summed E-state index contributed by atoms with van der Waals surface area (Å²) >= 11 is 0. The fourth-order valence-electron chi connectivity index (χ4n) is 2.03. The molecule has 0 heterocycles. The molecule has 0 aliphatic rings. The SMILES string of the molecule is CCCCCCCC(Oc1cccc(C(=O)O)c1)C(=O)O. The topological polar surface area (TPSA) is 83.8 Å². The number of hydrogen-bond donors (Lipinski definition) is 2. The number of ether oxygens (including phenoxy) is 1. The molecule has 5 heteroatoms. The first-order valence-corrected chi connectivity index (χ1v) is 7.27. The molecule has 0 aliphatic carbocycles. The molecule has 1 atom stereocenters. The molecule has 0 aliphatic heterocycles. The van der Waals surface area contributed by atoms with Gasteiger partial charge < -0.3 is 14.9 Å². The lowest BCUT2D eigenvalue weighted by molar-refractivity contribution is -0.145. The Bertz CT molecular complexity index is 469. The van der Waals surface area contributed by atoms with Gasteiger partial charge in [-0.2, -0.15) is 0 Å². The Hall–Kier alpha value is -2.04. The Morgan fingerprint density at radius 2 is 1.86 bits per heavy atom. The average molecular weight is 294 g/mol. The number of unbranched alkanes of at least 4 members (excludes halogenated alkanes) is 4. The lowest BCUT2D eigenvalue weighted by Gasteiger charge is -2.15. The summed E-state index contributed by atoms with van der Waals surface area (Å²) in [7, 11) is 0. The van der Waals surface area contributed by atoms with E-state index in [1.807, 2.05) is 0 Å². The van der Waals surface area contributed by atoms with E-state index >= 15 is 0 Å². The molecule has 0 radical (unpaired) electrons. The minimum atomic E-state index is -1.06. The number of aliphatic carboxylic acids is 1. The minimum absolute atomic E-state index is 0.0829. The van der Waals surface area contributed by atoms with Crippen LogP contribution in [0.1, 0.15) is 55.8 Å². The van der Waals surface area contributed by atoms with Gasteiger partial charge in [0.2, 0.25) is 0 Å². The fraction of sp³-hybridized carbons (Fsp3) is 0.500. The smallest absolute Gasteiger partial charge is 0.344 e. The van der Waals surface area contributed by atoms with Gasteiger partial charge in [-0.1, -0.05) is 38.7 Å². The number of carboxylic acids is 2. The summed E-state index contributed by atoms with van der Waals surface area (Å²) in [6.07, 6.45) is 4.65. The highest BCUT2D eigenvalue weighted by molar-refractivity contribution is 5.88. The van der Waals surface area contributed by atoms with E-state index in [1.54, 1.807) is 12.1 Å². The van der Waals surface area contributed by atoms with Crippen molar-refractivity contribution < 1.29 is 24.5 Å². The molecule has 1 aromatic rings. The van der Waals surface area contributed by atoms with Crippen LogP contribution in [-0.4, -0.2) is 28.3 Å². The van der Waals surface area contributed by atoms with Gasteiger partial charge in [0.05, 0.1) is 5.56 Å². The summed E-state index contributed by atoms with van der Waals surface area (Å²) in [4.78, 5) is 22.1. The number of hydrogen-bond acceptors (Lipinski definition) is 3. The molecule has 0 aromatic heterocycles. The molecule has 1 rings (SSSR count). The number of benzene rings is 1. The zero-order valence-electron chi connectivity index (χ0n) is 12.2. The van der Waals surface area contributed by atoms with Crippen LogP contribution in [-0.2, 0) is 4.79 Å². The van der Waals surface area contributed by atoms with Crippen LogP contribution in [0.25, 0.3) is 0 Å². The average Bonchev–Trinajstić information content (AvgIpc) is 2.46. The molecule has 0 fully saturated rings. The van der Waals surface area contributed by atoms with Crippen molar-refractivity contribution in [1.29, 1.82) is 0 Å². The molecule has 1 unspecified atom stereocenters. The molecule has 0 bridgehead atoms. The molecular weight excluding hydrogens is 272 g/mol. The van der Waals surface area contributed by atoms with Gasteiger partial charge in [-0.05, 0) is 31.0 Å². The highest BCUT2D eigenvalue weighted by Crippen LogP contribution is 2.18. The molecule has 0 saturated carbocycles. The zero-order valence-corrected chi connectivity index (χ0v) is 12.2. The molecule has 0 saturated heterocycles. The largest absolute Gasteiger partial charge is 0.479 e. The van der Waals surface area contributed by atoms with Crippen LogP contribution in [0.15, 0.2) is 24.3 Å². The van der Waals surface area contributed by atoms with Gasteiger partial charge in [-0.3, -0.25) is 0 Å². The number of rotatable bonds is 10. The van der Waals surface area contributed by atoms with Crippen LogP contribution in [0.2, 0.25) is 0 Å². The second kappa shape index (κ2) is 9.00. The molecule has 21 heavy (non-hydrogen) atoms. The van der Waals surface area contributed by atoms with E-state index in [2.05, 4.69) is 6.92 Å². The Morgan fingerprint density at radius 1 is 1.14 bits per heavy atom. The van der Waals surface area contributed by atoms with Gasteiger partial charge in [-0.15, -0.1) is 0 Å². The summed E-state index contributed by atoms with van der Waals surface area (Å²) in [5.41, 5.74) is 0.0829. The highest BCUT2D eigenvalue weighted by atomic mass is 16.5. The second-order valence-electron chi connectivity index (χ2n) is 4.98. The summed E-state index contributed by atoms with van der Waals surface area (Å²) < 4.78 is 5.41. The molecule has 1 aromatic carbocycles. The first-order valence-electron chi connectivity index (χ1n) is 7.27. The van der Waals surface area contributed by atoms with Gasteiger partial charge in [0, 0.05) is 0 Å². The zero-order chi connectivity index (χ0) is 15.7. The summed E-state index contributed by atoms with van der Waals surface area (Å²) in [6.45, 7) is 2.12. The normalized spacial score (nSPS) is 11.9. The summed E-state index contributed by atoms with van der Waals surface area (Å²) in [5, 5.41) is 18.1. The van der Waals surface area contributed by atoms with Gasteiger partial charge in [0.25, 0.3) is 0 Å². The Morgan fingerprint density at radius 3 is 2.48 bits per heavy atom. The van der Waals surface area contributed by atoms with Crippen molar-refractivity contribution in [3.05, 3.63) is 29.8 Å². The Balaban J connectivity index is 2.56. The maximum absolute atomic E-state index is 11.2. The third kappa shape index (κ3) is 6.29. The second-order valence-corrected chi connectivity index (χ2v) is 4.98. The van der Waals surface area contributed by atoms with E-state index in [1.165, 1.54) is 12.1 Å². The van der Waals surface area contributed by atoms with Crippen LogP contribution in [0.3, 0.4) is 0 Å². The number of carboxylic acid groups (broad SMARTS) is 2. The number of carbonyl (C=O) groups is 2. The van der Waals surface area contributed by atoms with Gasteiger partial charge >= 0.3 is 11.9 Å². The van der Waals surface area contributed by atoms with Crippen molar-refractivity contribution >= 4 is 11.9 Å². The monoisotopic (exact) mass is 294 g/mol. The molecule has 116 valence electrons. The molecular formula is C16H22O5. The van der Waals surface area contributed by atoms with Gasteiger partial charge in [-0.25, -0.2) is 9.59 Å². The number of aromatic carboxylic acids is 1. The van der Waals surface area contributed by atoms with Crippen molar-refractivity contribution in [2.24, 2.45) is 0 Å². The van der Waals surface area contributed by atoms with Crippen molar-refractivity contribution in [1.82, 2.24) is 0 Å². The quantitative estimate of drug-likeness (QED) is 0.644. The lowest BCUT2D eigenvalue weighted by Crippen LogP contribution is -2.27. The Labute approximate surface area is 124 Å². The molecule has 0 amide bonds. The molecule has 5 nitrogen and oxygen atoms in total. The molecule has 2 N–H and O–H groups in total. The van der Waals surface area contributed by atoms with Gasteiger partial charge in [0.1, 0.15) is 5.75 Å². The standard InChI is InChI=1S/C16H22O5/c1-2-3-4-5-6-10-14(16(19)20)21-13-9-7-8-12(11-13)15(17)18/h7-9,11,14H,2-6,10H2,1H3,(H,17,18)(H,19,20). The highest BCUT2D eigenvalue weighted by Gasteiger charge is 2.19. The Kier molecular flexibility index (Phi) is 7.29. The van der Waals surface area contributed by atoms with Crippen molar-refractivity contribution in [3.63, 3.8) is 0 Å². The third-order valence-corrected chi connectivity index (χ3v) is 3.20. The summed E-state index contributed by atoms with van der Waals surface area (Å²) in [5.74, 6) is -1.81. The predicted molar refractivity (Wildman–Crippen MR) is 78.8 cm³/mol. The van der Waals surface area contributed by atoms with Crippen LogP contribution in [0, 0.1) is 0 Å². The van der Waals surface area contributed by atoms with Crippen molar-refractivity contribution in [2.45, 2.75) is 51.6 Å². The van der Waals surface area contributed by atoms with E-state index < -0.39 is 18.0 Å². The van der Waals surface area contributed by atoms with E-state index in [-0.39, 0.29) is 11.3 Å². The fourth-order valence-corrected chi connectivity index (χ4v) is 2.03. The van der Waals surface area contributed by atoms with E-state index in [0.29, 0.717) is 6.42 Å². The third-order valence-electron chi connectivity index (χ3n) is 3.20. The predicted octanol–water partition coefficient (Wildman–Crippen LogP) is 3.58. The first-order chi connectivity index (χ1) is 10.0. The van der Waals surface area contributed by atoms with Gasteiger partial charge in [0.15, 0.2) is 6.10 Å². The minimum Gasteiger partial charge on any atom is -0.479 e. The van der Waals surface area contributed by atoms with Crippen molar-refractivity contribution in [3.8, 4) is 5.75 Å². The van der Waals surface area contributed by atoms with Crippen molar-refractivity contribution in [2.75, 3.05) is 0 Å².